The molecule has 0 atom stereocenters. The Morgan fingerprint density at radius 3 is 2.62 bits per heavy atom. The monoisotopic (exact) mass is 276 g/mol. The number of rotatable bonds is 3. The van der Waals surface area contributed by atoms with E-state index in [9.17, 15) is 9.90 Å². The Morgan fingerprint density at radius 2 is 1.76 bits per heavy atom. The molecular formula is C17H12N2O2. The maximum absolute atomic E-state index is 10.7. The third kappa shape index (κ3) is 2.65. The molecule has 0 saturated carbocycles. The van der Waals surface area contributed by atoms with Crippen LogP contribution in [0, 0.1) is 0 Å². The van der Waals surface area contributed by atoms with Crippen LogP contribution in [0.2, 0.25) is 0 Å². The van der Waals surface area contributed by atoms with Gasteiger partial charge in [0.1, 0.15) is 17.7 Å². The molecule has 3 aromatic rings. The molecule has 0 aliphatic rings. The van der Waals surface area contributed by atoms with E-state index in [-0.39, 0.29) is 5.75 Å². The molecule has 0 fully saturated rings. The van der Waals surface area contributed by atoms with Crippen LogP contribution in [0.4, 0.5) is 11.4 Å². The molecule has 4 heteroatoms. The first-order valence-electron chi connectivity index (χ1n) is 6.45. The van der Waals surface area contributed by atoms with Crippen molar-refractivity contribution in [3.8, 4) is 5.75 Å². The van der Waals surface area contributed by atoms with E-state index in [0.29, 0.717) is 16.9 Å². The minimum atomic E-state index is 0.0731. The Balaban J connectivity index is 2.06. The second kappa shape index (κ2) is 5.54. The fourth-order valence-electron chi connectivity index (χ4n) is 2.12. The van der Waals surface area contributed by atoms with Crippen molar-refractivity contribution in [3.63, 3.8) is 0 Å². The minimum absolute atomic E-state index is 0.0731. The van der Waals surface area contributed by atoms with Gasteiger partial charge in [-0.3, -0.25) is 4.79 Å². The molecule has 0 heterocycles. The SMILES string of the molecule is O=Cc1cccc(N=Nc2c(O)ccc3ccccc23)c1. The summed E-state index contributed by atoms with van der Waals surface area (Å²) in [5.41, 5.74) is 1.52. The summed E-state index contributed by atoms with van der Waals surface area (Å²) in [6.07, 6.45) is 0.758. The standard InChI is InChI=1S/C17H12N2O2/c20-11-12-4-3-6-14(10-12)18-19-17-15-7-2-1-5-13(15)8-9-16(17)21/h1-11,21H. The third-order valence-corrected chi connectivity index (χ3v) is 3.15. The molecule has 0 spiro atoms. The van der Waals surface area contributed by atoms with E-state index in [1.54, 1.807) is 30.3 Å². The number of nitrogens with zero attached hydrogens (tertiary/aromatic N) is 2. The van der Waals surface area contributed by atoms with Gasteiger partial charge in [0, 0.05) is 10.9 Å². The second-order valence-electron chi connectivity index (χ2n) is 4.57. The van der Waals surface area contributed by atoms with Crippen molar-refractivity contribution < 1.29 is 9.90 Å². The van der Waals surface area contributed by atoms with Gasteiger partial charge in [0.05, 0.1) is 5.69 Å². The van der Waals surface area contributed by atoms with Crippen LogP contribution in [-0.4, -0.2) is 11.4 Å². The molecule has 102 valence electrons. The van der Waals surface area contributed by atoms with Crippen LogP contribution >= 0.6 is 0 Å². The average Bonchev–Trinajstić information content (AvgIpc) is 2.54. The zero-order valence-electron chi connectivity index (χ0n) is 11.1. The molecule has 0 unspecified atom stereocenters. The Bertz CT molecular complexity index is 841. The van der Waals surface area contributed by atoms with Crippen molar-refractivity contribution in [2.75, 3.05) is 0 Å². The van der Waals surface area contributed by atoms with Gasteiger partial charge in [-0.2, -0.15) is 5.11 Å². The number of hydrogen-bond acceptors (Lipinski definition) is 4. The smallest absolute Gasteiger partial charge is 0.150 e. The highest BCUT2D eigenvalue weighted by atomic mass is 16.3. The lowest BCUT2D eigenvalue weighted by molar-refractivity contribution is 0.112. The zero-order chi connectivity index (χ0) is 14.7. The van der Waals surface area contributed by atoms with Gasteiger partial charge in [0.15, 0.2) is 0 Å². The molecule has 21 heavy (non-hydrogen) atoms. The summed E-state index contributed by atoms with van der Waals surface area (Å²) >= 11 is 0. The number of aromatic hydroxyl groups is 1. The number of hydrogen-bond donors (Lipinski definition) is 1. The lowest BCUT2D eigenvalue weighted by Gasteiger charge is -2.03. The number of phenolic OH excluding ortho intramolecular Hbond substituents is 1. The summed E-state index contributed by atoms with van der Waals surface area (Å²) < 4.78 is 0. The Morgan fingerprint density at radius 1 is 0.905 bits per heavy atom. The van der Waals surface area contributed by atoms with Gasteiger partial charge < -0.3 is 5.11 Å². The van der Waals surface area contributed by atoms with Gasteiger partial charge in [-0.1, -0.05) is 42.5 Å². The fourth-order valence-corrected chi connectivity index (χ4v) is 2.12. The van der Waals surface area contributed by atoms with E-state index in [4.69, 9.17) is 0 Å². The van der Waals surface area contributed by atoms with Gasteiger partial charge in [-0.15, -0.1) is 5.11 Å². The van der Waals surface area contributed by atoms with Crippen molar-refractivity contribution in [1.82, 2.24) is 0 Å². The third-order valence-electron chi connectivity index (χ3n) is 3.15. The molecule has 3 aromatic carbocycles. The number of benzene rings is 3. The maximum atomic E-state index is 10.7. The van der Waals surface area contributed by atoms with E-state index in [1.807, 2.05) is 30.3 Å². The van der Waals surface area contributed by atoms with Gasteiger partial charge in [0.25, 0.3) is 0 Å². The van der Waals surface area contributed by atoms with Crippen LogP contribution in [0.5, 0.6) is 5.75 Å². The maximum Gasteiger partial charge on any atom is 0.150 e. The van der Waals surface area contributed by atoms with E-state index < -0.39 is 0 Å². The summed E-state index contributed by atoms with van der Waals surface area (Å²) in [7, 11) is 0. The lowest BCUT2D eigenvalue weighted by atomic mass is 10.1. The van der Waals surface area contributed by atoms with Gasteiger partial charge >= 0.3 is 0 Å². The largest absolute Gasteiger partial charge is 0.506 e. The topological polar surface area (TPSA) is 62.0 Å². The molecule has 4 nitrogen and oxygen atoms in total. The van der Waals surface area contributed by atoms with E-state index in [1.165, 1.54) is 0 Å². The fraction of sp³-hybridized carbons (Fsp3) is 0. The summed E-state index contributed by atoms with van der Waals surface area (Å²) in [5.74, 6) is 0.0731. The van der Waals surface area contributed by atoms with E-state index in [2.05, 4.69) is 10.2 Å². The molecule has 3 rings (SSSR count). The Kier molecular flexibility index (Phi) is 3.43. The van der Waals surface area contributed by atoms with Crippen molar-refractivity contribution in [2.24, 2.45) is 10.2 Å². The number of carbonyl (C=O) groups is 1. The molecule has 1 N–H and O–H groups in total. The van der Waals surface area contributed by atoms with Crippen molar-refractivity contribution in [2.45, 2.75) is 0 Å². The zero-order valence-corrected chi connectivity index (χ0v) is 11.1. The Hall–Kier alpha value is -3.01. The quantitative estimate of drug-likeness (QED) is 0.553. The molecule has 0 saturated heterocycles. The Labute approximate surface area is 121 Å². The van der Waals surface area contributed by atoms with Crippen molar-refractivity contribution in [1.29, 1.82) is 0 Å². The van der Waals surface area contributed by atoms with Crippen molar-refractivity contribution in [3.05, 3.63) is 66.2 Å². The number of aldehydes is 1. The van der Waals surface area contributed by atoms with E-state index in [0.717, 1.165) is 17.1 Å². The lowest BCUT2D eigenvalue weighted by Crippen LogP contribution is -1.77. The van der Waals surface area contributed by atoms with Crippen LogP contribution < -0.4 is 0 Å². The molecule has 0 aliphatic heterocycles. The highest BCUT2D eigenvalue weighted by Gasteiger charge is 2.05. The number of phenols is 1. The number of fused-ring (bicyclic) bond motifs is 1. The number of azo groups is 1. The van der Waals surface area contributed by atoms with Gasteiger partial charge in [-0.05, 0) is 23.6 Å². The summed E-state index contributed by atoms with van der Waals surface area (Å²) in [4.78, 5) is 10.7. The molecule has 0 aromatic heterocycles. The average molecular weight is 276 g/mol. The van der Waals surface area contributed by atoms with Crippen LogP contribution in [0.1, 0.15) is 10.4 Å². The predicted molar refractivity (Wildman–Crippen MR) is 81.6 cm³/mol. The van der Waals surface area contributed by atoms with Crippen LogP contribution in [0.3, 0.4) is 0 Å². The van der Waals surface area contributed by atoms with E-state index >= 15 is 0 Å². The second-order valence-corrected chi connectivity index (χ2v) is 4.57. The summed E-state index contributed by atoms with van der Waals surface area (Å²) in [5, 5.41) is 20.0. The summed E-state index contributed by atoms with van der Waals surface area (Å²) in [6.45, 7) is 0. The summed E-state index contributed by atoms with van der Waals surface area (Å²) in [6, 6.07) is 17.9. The molecule has 0 bridgehead atoms. The molecular weight excluding hydrogens is 264 g/mol. The first kappa shape index (κ1) is 13.0. The van der Waals surface area contributed by atoms with Crippen LogP contribution in [0.25, 0.3) is 10.8 Å². The van der Waals surface area contributed by atoms with Crippen LogP contribution in [-0.2, 0) is 0 Å². The van der Waals surface area contributed by atoms with Gasteiger partial charge in [0.2, 0.25) is 0 Å². The molecule has 0 aliphatic carbocycles. The number of carbonyl (C=O) groups excluding carboxylic acids is 1. The minimum Gasteiger partial charge on any atom is -0.506 e. The first-order chi connectivity index (χ1) is 10.3. The highest BCUT2D eigenvalue weighted by Crippen LogP contribution is 2.35. The predicted octanol–water partition coefficient (Wildman–Crippen LogP) is 4.77. The molecule has 0 radical (unpaired) electrons. The molecule has 0 amide bonds. The highest BCUT2D eigenvalue weighted by molar-refractivity contribution is 5.95. The first-order valence-corrected chi connectivity index (χ1v) is 6.45. The van der Waals surface area contributed by atoms with Gasteiger partial charge in [-0.25, -0.2) is 0 Å². The normalized spacial score (nSPS) is 11.0. The van der Waals surface area contributed by atoms with Crippen LogP contribution in [0.15, 0.2) is 70.9 Å². The van der Waals surface area contributed by atoms with Crippen molar-refractivity contribution >= 4 is 28.4 Å².